The molecule has 0 aromatic heterocycles. The van der Waals surface area contributed by atoms with Crippen LogP contribution in [0.3, 0.4) is 0 Å². The highest BCUT2D eigenvalue weighted by atomic mass is 79.9. The molecule has 0 aliphatic rings. The van der Waals surface area contributed by atoms with Gasteiger partial charge >= 0.3 is 0 Å². The number of carbonyl (C=O) groups excluding carboxylic acids is 3. The van der Waals surface area contributed by atoms with Crippen molar-refractivity contribution in [3.05, 3.63) is 135 Å². The molecule has 0 aliphatic heterocycles. The standard InChI is InChI=1S/C30H23BrN4O5S/c31-22-8-4-5-20(17-22)18-27(34-29(37)21-6-2-1-3-7-21)30(38)33-24-11-15-26(16-12-24)41-19-28(36)32-23-9-13-25(14-10-23)35(39)40/h1-18H,19H2,(H,32,36)(H,33,38)(H,34,37)/b27-18-. The van der Waals surface area contributed by atoms with Gasteiger partial charge in [0.15, 0.2) is 0 Å². The summed E-state index contributed by atoms with van der Waals surface area (Å²) in [5.74, 6) is -1.07. The lowest BCUT2D eigenvalue weighted by molar-refractivity contribution is -0.384. The van der Waals surface area contributed by atoms with Crippen LogP contribution in [-0.2, 0) is 9.59 Å². The number of benzene rings is 4. The second-order valence-electron chi connectivity index (χ2n) is 8.55. The number of hydrogen-bond donors (Lipinski definition) is 3. The molecule has 4 aromatic rings. The van der Waals surface area contributed by atoms with Gasteiger partial charge in [0.1, 0.15) is 5.70 Å². The number of hydrogen-bond acceptors (Lipinski definition) is 6. The summed E-state index contributed by atoms with van der Waals surface area (Å²) < 4.78 is 0.829. The smallest absolute Gasteiger partial charge is 0.272 e. The fourth-order valence-corrected chi connectivity index (χ4v) is 4.67. The van der Waals surface area contributed by atoms with Crippen molar-refractivity contribution in [2.24, 2.45) is 0 Å². The molecule has 4 rings (SSSR count). The molecule has 11 heteroatoms. The van der Waals surface area contributed by atoms with Crippen molar-refractivity contribution in [1.29, 1.82) is 0 Å². The summed E-state index contributed by atoms with van der Waals surface area (Å²) >= 11 is 4.71. The maximum atomic E-state index is 13.2. The number of non-ortho nitro benzene ring substituents is 1. The van der Waals surface area contributed by atoms with Gasteiger partial charge in [0.05, 0.1) is 10.7 Å². The van der Waals surface area contributed by atoms with E-state index in [2.05, 4.69) is 31.9 Å². The Hall–Kier alpha value is -4.74. The number of nitrogens with one attached hydrogen (secondary N) is 3. The maximum Gasteiger partial charge on any atom is 0.272 e. The van der Waals surface area contributed by atoms with E-state index in [9.17, 15) is 24.5 Å². The first kappa shape index (κ1) is 29.2. The monoisotopic (exact) mass is 630 g/mol. The van der Waals surface area contributed by atoms with Crippen molar-refractivity contribution < 1.29 is 19.3 Å². The van der Waals surface area contributed by atoms with E-state index in [1.54, 1.807) is 60.7 Å². The maximum absolute atomic E-state index is 13.2. The van der Waals surface area contributed by atoms with Crippen molar-refractivity contribution in [2.75, 3.05) is 16.4 Å². The van der Waals surface area contributed by atoms with Gasteiger partial charge in [-0.25, -0.2) is 0 Å². The number of nitrogens with zero attached hydrogens (tertiary/aromatic N) is 1. The van der Waals surface area contributed by atoms with Crippen LogP contribution in [0.15, 0.2) is 118 Å². The number of thioether (sulfide) groups is 1. The molecule has 0 bridgehead atoms. The largest absolute Gasteiger partial charge is 0.325 e. The average molecular weight is 632 g/mol. The summed E-state index contributed by atoms with van der Waals surface area (Å²) in [6.45, 7) is 0. The third-order valence-electron chi connectivity index (χ3n) is 5.53. The Morgan fingerprint density at radius 1 is 0.829 bits per heavy atom. The van der Waals surface area contributed by atoms with Crippen molar-refractivity contribution >= 4 is 68.6 Å². The summed E-state index contributed by atoms with van der Waals surface area (Å²) in [5, 5.41) is 19.0. The molecule has 0 radical (unpaired) electrons. The van der Waals surface area contributed by atoms with Gasteiger partial charge in [-0.15, -0.1) is 11.8 Å². The molecule has 0 saturated carbocycles. The van der Waals surface area contributed by atoms with Gasteiger partial charge in [-0.1, -0.05) is 46.3 Å². The molecular formula is C30H23BrN4O5S. The Kier molecular flexibility index (Phi) is 10.0. The average Bonchev–Trinajstić information content (AvgIpc) is 2.97. The number of nitro groups is 1. The van der Waals surface area contributed by atoms with E-state index in [-0.39, 0.29) is 23.0 Å². The molecule has 0 spiro atoms. The van der Waals surface area contributed by atoms with E-state index in [0.29, 0.717) is 16.9 Å². The van der Waals surface area contributed by atoms with E-state index < -0.39 is 16.7 Å². The van der Waals surface area contributed by atoms with Gasteiger partial charge in [-0.2, -0.15) is 0 Å². The van der Waals surface area contributed by atoms with Gasteiger partial charge in [0, 0.05) is 38.4 Å². The minimum Gasteiger partial charge on any atom is -0.325 e. The molecule has 0 fully saturated rings. The van der Waals surface area contributed by atoms with Crippen LogP contribution in [0.5, 0.6) is 0 Å². The molecule has 206 valence electrons. The van der Waals surface area contributed by atoms with Gasteiger partial charge in [0.2, 0.25) is 5.91 Å². The van der Waals surface area contributed by atoms with Gasteiger partial charge in [0.25, 0.3) is 17.5 Å². The van der Waals surface area contributed by atoms with Crippen molar-refractivity contribution in [3.8, 4) is 0 Å². The van der Waals surface area contributed by atoms with Crippen molar-refractivity contribution in [2.45, 2.75) is 4.90 Å². The Morgan fingerprint density at radius 2 is 1.49 bits per heavy atom. The molecule has 0 atom stereocenters. The quantitative estimate of drug-likeness (QED) is 0.0793. The predicted octanol–water partition coefficient (Wildman–Crippen LogP) is 6.50. The van der Waals surface area contributed by atoms with E-state index in [4.69, 9.17) is 0 Å². The highest BCUT2D eigenvalue weighted by Crippen LogP contribution is 2.22. The topological polar surface area (TPSA) is 130 Å². The lowest BCUT2D eigenvalue weighted by atomic mass is 10.1. The first-order valence-electron chi connectivity index (χ1n) is 12.2. The van der Waals surface area contributed by atoms with Crippen molar-refractivity contribution in [3.63, 3.8) is 0 Å². The first-order valence-corrected chi connectivity index (χ1v) is 14.0. The summed E-state index contributed by atoms with van der Waals surface area (Å²) in [6, 6.07) is 28.4. The molecule has 4 aromatic carbocycles. The minimum absolute atomic E-state index is 0.0566. The number of rotatable bonds is 10. The molecule has 3 amide bonds. The van der Waals surface area contributed by atoms with Gasteiger partial charge in [-0.3, -0.25) is 24.5 Å². The number of amides is 3. The van der Waals surface area contributed by atoms with E-state index in [1.165, 1.54) is 36.0 Å². The zero-order valence-corrected chi connectivity index (χ0v) is 23.8. The Labute approximate surface area is 248 Å². The Balaban J connectivity index is 1.38. The second-order valence-corrected chi connectivity index (χ2v) is 10.5. The Bertz CT molecular complexity index is 1590. The van der Waals surface area contributed by atoms with Crippen LogP contribution in [0.1, 0.15) is 15.9 Å². The third-order valence-corrected chi connectivity index (χ3v) is 7.04. The zero-order chi connectivity index (χ0) is 29.2. The highest BCUT2D eigenvalue weighted by Gasteiger charge is 2.15. The van der Waals surface area contributed by atoms with Gasteiger partial charge in [-0.05, 0) is 72.3 Å². The second kappa shape index (κ2) is 14.1. The number of anilines is 2. The predicted molar refractivity (Wildman–Crippen MR) is 164 cm³/mol. The lowest BCUT2D eigenvalue weighted by Crippen LogP contribution is -2.30. The SMILES string of the molecule is O=C(CSc1ccc(NC(=O)/C(=C/c2cccc(Br)c2)NC(=O)c2ccccc2)cc1)Nc1ccc([N+](=O)[O-])cc1. The third kappa shape index (κ3) is 8.88. The first-order chi connectivity index (χ1) is 19.8. The highest BCUT2D eigenvalue weighted by molar-refractivity contribution is 9.10. The van der Waals surface area contributed by atoms with Crippen LogP contribution >= 0.6 is 27.7 Å². The summed E-state index contributed by atoms with van der Waals surface area (Å²) in [6.07, 6.45) is 1.59. The Morgan fingerprint density at radius 3 is 2.15 bits per heavy atom. The lowest BCUT2D eigenvalue weighted by Gasteiger charge is -2.12. The molecule has 41 heavy (non-hydrogen) atoms. The zero-order valence-electron chi connectivity index (χ0n) is 21.4. The van der Waals surface area contributed by atoms with E-state index in [0.717, 1.165) is 14.9 Å². The molecule has 3 N–H and O–H groups in total. The molecule has 9 nitrogen and oxygen atoms in total. The van der Waals surface area contributed by atoms with E-state index >= 15 is 0 Å². The fourth-order valence-electron chi connectivity index (χ4n) is 3.55. The van der Waals surface area contributed by atoms with Crippen LogP contribution in [0, 0.1) is 10.1 Å². The van der Waals surface area contributed by atoms with E-state index in [1.807, 2.05) is 24.3 Å². The molecule has 0 aliphatic carbocycles. The number of nitro benzene ring substituents is 1. The molecule has 0 heterocycles. The van der Waals surface area contributed by atoms with Crippen molar-refractivity contribution in [1.82, 2.24) is 5.32 Å². The normalized spacial score (nSPS) is 10.9. The minimum atomic E-state index is -0.506. The van der Waals surface area contributed by atoms with Crippen LogP contribution in [0.2, 0.25) is 0 Å². The molecular weight excluding hydrogens is 608 g/mol. The fraction of sp³-hybridized carbons (Fsp3) is 0.0333. The van der Waals surface area contributed by atoms with Gasteiger partial charge < -0.3 is 16.0 Å². The molecule has 0 unspecified atom stereocenters. The van der Waals surface area contributed by atoms with Crippen LogP contribution in [-0.4, -0.2) is 28.4 Å². The molecule has 0 saturated heterocycles. The van der Waals surface area contributed by atoms with Crippen LogP contribution < -0.4 is 16.0 Å². The van der Waals surface area contributed by atoms with Crippen LogP contribution in [0.25, 0.3) is 6.08 Å². The van der Waals surface area contributed by atoms with Crippen LogP contribution in [0.4, 0.5) is 17.1 Å². The summed E-state index contributed by atoms with van der Waals surface area (Å²) in [4.78, 5) is 49.3. The number of halogens is 1. The summed E-state index contributed by atoms with van der Waals surface area (Å²) in [7, 11) is 0. The summed E-state index contributed by atoms with van der Waals surface area (Å²) in [5.41, 5.74) is 2.11. The number of carbonyl (C=O) groups is 3.